The fraction of sp³-hybridized carbons (Fsp3) is 0.308. The molecule has 0 aliphatic rings. The van der Waals surface area contributed by atoms with E-state index in [4.69, 9.17) is 10.00 Å². The van der Waals surface area contributed by atoms with Crippen molar-refractivity contribution in [1.82, 2.24) is 14.8 Å². The average molecular weight is 242 g/mol. The molecule has 0 spiro atoms. The first-order valence-corrected chi connectivity index (χ1v) is 5.64. The van der Waals surface area contributed by atoms with Gasteiger partial charge in [-0.15, -0.1) is 10.2 Å². The molecule has 2 aromatic rings. The molecular formula is C13H14N4O. The molecule has 0 amide bonds. The van der Waals surface area contributed by atoms with Gasteiger partial charge in [0, 0.05) is 7.05 Å². The Labute approximate surface area is 106 Å². The van der Waals surface area contributed by atoms with Crippen LogP contribution in [0.3, 0.4) is 0 Å². The van der Waals surface area contributed by atoms with Crippen LogP contribution < -0.4 is 4.74 Å². The van der Waals surface area contributed by atoms with Gasteiger partial charge in [-0.3, -0.25) is 0 Å². The monoisotopic (exact) mass is 242 g/mol. The molecule has 0 N–H and O–H groups in total. The van der Waals surface area contributed by atoms with Crippen molar-refractivity contribution in [3.05, 3.63) is 41.5 Å². The molecule has 5 heteroatoms. The number of ether oxygens (including phenoxy) is 1. The maximum absolute atomic E-state index is 8.57. The number of rotatable bonds is 4. The fourth-order valence-electron chi connectivity index (χ4n) is 1.52. The van der Waals surface area contributed by atoms with Crippen molar-refractivity contribution in [3.63, 3.8) is 0 Å². The molecule has 0 saturated heterocycles. The van der Waals surface area contributed by atoms with Crippen LogP contribution in [-0.2, 0) is 20.1 Å². The van der Waals surface area contributed by atoms with Gasteiger partial charge in [0.1, 0.15) is 18.2 Å². The van der Waals surface area contributed by atoms with Crippen LogP contribution in [0.4, 0.5) is 0 Å². The van der Waals surface area contributed by atoms with Crippen molar-refractivity contribution < 1.29 is 4.74 Å². The number of aryl methyl sites for hydroxylation is 1. The molecule has 0 unspecified atom stereocenters. The molecule has 1 aromatic carbocycles. The highest BCUT2D eigenvalue weighted by molar-refractivity contribution is 5.28. The van der Waals surface area contributed by atoms with Crippen molar-refractivity contribution in [2.24, 2.45) is 7.05 Å². The molecule has 18 heavy (non-hydrogen) atoms. The van der Waals surface area contributed by atoms with Gasteiger partial charge in [0.15, 0.2) is 5.82 Å². The van der Waals surface area contributed by atoms with Gasteiger partial charge in [0.05, 0.1) is 12.5 Å². The minimum absolute atomic E-state index is 0.384. The quantitative estimate of drug-likeness (QED) is 0.819. The number of nitrogens with zero attached hydrogens (tertiary/aromatic N) is 4. The molecule has 5 nitrogen and oxygen atoms in total. The Hall–Kier alpha value is -2.35. The second-order valence-electron chi connectivity index (χ2n) is 3.99. The van der Waals surface area contributed by atoms with Crippen LogP contribution in [-0.4, -0.2) is 14.8 Å². The Bertz CT molecular complexity index is 566. The first-order chi connectivity index (χ1) is 8.70. The van der Waals surface area contributed by atoms with Crippen LogP contribution in [0, 0.1) is 18.3 Å². The summed E-state index contributed by atoms with van der Waals surface area (Å²) in [5, 5.41) is 16.6. The summed E-state index contributed by atoms with van der Waals surface area (Å²) in [6, 6.07) is 9.60. The van der Waals surface area contributed by atoms with Crippen molar-refractivity contribution >= 4 is 0 Å². The van der Waals surface area contributed by atoms with Crippen molar-refractivity contribution in [2.45, 2.75) is 20.0 Å². The Morgan fingerprint density at radius 3 is 2.56 bits per heavy atom. The summed E-state index contributed by atoms with van der Waals surface area (Å²) >= 11 is 0. The van der Waals surface area contributed by atoms with Gasteiger partial charge in [0.2, 0.25) is 0 Å². The predicted molar refractivity (Wildman–Crippen MR) is 65.8 cm³/mol. The summed E-state index contributed by atoms with van der Waals surface area (Å²) in [6.07, 6.45) is 0.419. The molecule has 0 bridgehead atoms. The summed E-state index contributed by atoms with van der Waals surface area (Å²) in [5.41, 5.74) is 0.986. The number of benzene rings is 1. The topological polar surface area (TPSA) is 63.7 Å². The minimum atomic E-state index is 0.384. The van der Waals surface area contributed by atoms with E-state index < -0.39 is 0 Å². The van der Waals surface area contributed by atoms with Gasteiger partial charge in [-0.25, -0.2) is 0 Å². The molecule has 0 atom stereocenters. The lowest BCUT2D eigenvalue weighted by Crippen LogP contribution is -2.04. The van der Waals surface area contributed by atoms with Crippen LogP contribution in [0.1, 0.15) is 17.2 Å². The second kappa shape index (κ2) is 5.32. The predicted octanol–water partition coefficient (Wildman–Crippen LogP) is 1.77. The Kier molecular flexibility index (Phi) is 3.58. The van der Waals surface area contributed by atoms with Crippen LogP contribution in [0.15, 0.2) is 24.3 Å². The van der Waals surface area contributed by atoms with Gasteiger partial charge in [-0.05, 0) is 24.6 Å². The Balaban J connectivity index is 1.98. The lowest BCUT2D eigenvalue weighted by molar-refractivity contribution is 0.291. The third-order valence-electron chi connectivity index (χ3n) is 2.76. The lowest BCUT2D eigenvalue weighted by atomic mass is 10.2. The number of hydrogen-bond donors (Lipinski definition) is 0. The van der Waals surface area contributed by atoms with Gasteiger partial charge < -0.3 is 9.30 Å². The first-order valence-electron chi connectivity index (χ1n) is 5.64. The van der Waals surface area contributed by atoms with E-state index in [1.807, 2.05) is 42.8 Å². The van der Waals surface area contributed by atoms with E-state index in [2.05, 4.69) is 16.3 Å². The Morgan fingerprint density at radius 1 is 1.28 bits per heavy atom. The van der Waals surface area contributed by atoms with E-state index in [1.54, 1.807) is 0 Å². The molecule has 0 radical (unpaired) electrons. The molecular weight excluding hydrogens is 228 g/mol. The summed E-state index contributed by atoms with van der Waals surface area (Å²) in [7, 11) is 1.91. The molecule has 1 aromatic heterocycles. The van der Waals surface area contributed by atoms with Crippen molar-refractivity contribution in [1.29, 1.82) is 5.26 Å². The van der Waals surface area contributed by atoms with Crippen LogP contribution in [0.2, 0.25) is 0 Å². The summed E-state index contributed by atoms with van der Waals surface area (Å²) < 4.78 is 7.51. The van der Waals surface area contributed by atoms with Gasteiger partial charge in [0.25, 0.3) is 0 Å². The average Bonchev–Trinajstić information content (AvgIpc) is 2.70. The molecule has 0 fully saturated rings. The van der Waals surface area contributed by atoms with E-state index in [0.717, 1.165) is 23.0 Å². The SMILES string of the molecule is Cc1nnc(COc2ccc(CC#N)cc2)n1C. The van der Waals surface area contributed by atoms with Crippen LogP contribution >= 0.6 is 0 Å². The second-order valence-corrected chi connectivity index (χ2v) is 3.99. The van der Waals surface area contributed by atoms with Gasteiger partial charge in [-0.1, -0.05) is 12.1 Å². The highest BCUT2D eigenvalue weighted by Crippen LogP contribution is 2.14. The molecule has 1 heterocycles. The maximum atomic E-state index is 8.57. The highest BCUT2D eigenvalue weighted by Gasteiger charge is 2.05. The first kappa shape index (κ1) is 12.1. The summed E-state index contributed by atoms with van der Waals surface area (Å²) in [5.74, 6) is 2.41. The normalized spacial score (nSPS) is 10.1. The van der Waals surface area contributed by atoms with E-state index in [1.165, 1.54) is 0 Å². The zero-order valence-electron chi connectivity index (χ0n) is 10.4. The number of nitriles is 1. The van der Waals surface area contributed by atoms with E-state index >= 15 is 0 Å². The molecule has 0 saturated carbocycles. The van der Waals surface area contributed by atoms with Gasteiger partial charge in [-0.2, -0.15) is 5.26 Å². The highest BCUT2D eigenvalue weighted by atomic mass is 16.5. The zero-order valence-corrected chi connectivity index (χ0v) is 10.4. The third-order valence-corrected chi connectivity index (χ3v) is 2.76. The maximum Gasteiger partial charge on any atom is 0.170 e. The summed E-state index contributed by atoms with van der Waals surface area (Å²) in [4.78, 5) is 0. The van der Waals surface area contributed by atoms with Crippen molar-refractivity contribution in [2.75, 3.05) is 0 Å². The third kappa shape index (κ3) is 2.66. The largest absolute Gasteiger partial charge is 0.486 e. The fourth-order valence-corrected chi connectivity index (χ4v) is 1.52. The smallest absolute Gasteiger partial charge is 0.170 e. The molecule has 0 aliphatic carbocycles. The van der Waals surface area contributed by atoms with Crippen LogP contribution in [0.25, 0.3) is 0 Å². The van der Waals surface area contributed by atoms with E-state index in [9.17, 15) is 0 Å². The van der Waals surface area contributed by atoms with Crippen LogP contribution in [0.5, 0.6) is 5.75 Å². The molecule has 0 aliphatic heterocycles. The standard InChI is InChI=1S/C13H14N4O/c1-10-15-16-13(17(10)2)9-18-12-5-3-11(4-6-12)7-8-14/h3-6H,7,9H2,1-2H3. The number of aromatic nitrogens is 3. The van der Waals surface area contributed by atoms with E-state index in [-0.39, 0.29) is 0 Å². The number of hydrogen-bond acceptors (Lipinski definition) is 4. The Morgan fingerprint density at radius 2 is 2.00 bits per heavy atom. The lowest BCUT2D eigenvalue weighted by Gasteiger charge is -2.06. The van der Waals surface area contributed by atoms with Crippen molar-refractivity contribution in [3.8, 4) is 11.8 Å². The summed E-state index contributed by atoms with van der Waals surface area (Å²) in [6.45, 7) is 2.28. The minimum Gasteiger partial charge on any atom is -0.486 e. The molecule has 92 valence electrons. The zero-order chi connectivity index (χ0) is 13.0. The van der Waals surface area contributed by atoms with Gasteiger partial charge >= 0.3 is 0 Å². The van der Waals surface area contributed by atoms with E-state index in [0.29, 0.717) is 13.0 Å². The molecule has 2 rings (SSSR count).